The molecule has 0 bridgehead atoms. The molecule has 0 aliphatic heterocycles. The minimum Gasteiger partial charge on any atom is -0.370 e. The maximum Gasteiger partial charge on any atom is 0.129 e. The van der Waals surface area contributed by atoms with Crippen molar-refractivity contribution in [2.24, 2.45) is 0 Å². The summed E-state index contributed by atoms with van der Waals surface area (Å²) < 4.78 is 0. The molecule has 1 unspecified atom stereocenters. The van der Waals surface area contributed by atoms with Gasteiger partial charge >= 0.3 is 0 Å². The molecule has 0 radical (unpaired) electrons. The van der Waals surface area contributed by atoms with Crippen LogP contribution in [0.4, 0.5) is 5.82 Å². The van der Waals surface area contributed by atoms with Crippen molar-refractivity contribution in [1.29, 1.82) is 0 Å². The van der Waals surface area contributed by atoms with Crippen LogP contribution in [-0.4, -0.2) is 28.0 Å². The molecule has 4 heteroatoms. The van der Waals surface area contributed by atoms with Crippen LogP contribution in [-0.2, 0) is 0 Å². The zero-order valence-corrected chi connectivity index (χ0v) is 8.84. The highest BCUT2D eigenvalue weighted by Gasteiger charge is 1.98. The molecule has 1 heterocycles. The second-order valence-corrected chi connectivity index (χ2v) is 4.13. The van der Waals surface area contributed by atoms with E-state index >= 15 is 0 Å². The van der Waals surface area contributed by atoms with Crippen LogP contribution in [0.15, 0.2) is 18.6 Å². The van der Waals surface area contributed by atoms with Crippen molar-refractivity contribution in [3.63, 3.8) is 0 Å². The van der Waals surface area contributed by atoms with Crippen LogP contribution in [0.1, 0.15) is 13.3 Å². The van der Waals surface area contributed by atoms with Crippen molar-refractivity contribution in [3.8, 4) is 0 Å². The summed E-state index contributed by atoms with van der Waals surface area (Å²) in [5.74, 6) is 0.906. The van der Waals surface area contributed by atoms with Crippen LogP contribution in [0.2, 0.25) is 0 Å². The van der Waals surface area contributed by atoms with E-state index in [2.05, 4.69) is 28.5 Å². The van der Waals surface area contributed by atoms with Crippen molar-refractivity contribution in [3.05, 3.63) is 18.6 Å². The first-order valence-electron chi connectivity index (χ1n) is 4.35. The van der Waals surface area contributed by atoms with Gasteiger partial charge in [-0.1, -0.05) is 6.92 Å². The average Bonchev–Trinajstić information content (AvgIpc) is 2.19. The van der Waals surface area contributed by atoms with E-state index in [-0.39, 0.29) is 0 Å². The minimum atomic E-state index is 0.703. The molecule has 0 aliphatic rings. The van der Waals surface area contributed by atoms with E-state index in [1.165, 1.54) is 0 Å². The molecule has 1 atom stereocenters. The van der Waals surface area contributed by atoms with Crippen LogP contribution in [0.25, 0.3) is 0 Å². The molecule has 0 spiro atoms. The summed E-state index contributed by atoms with van der Waals surface area (Å²) in [5.41, 5.74) is 0. The predicted molar refractivity (Wildman–Crippen MR) is 58.1 cm³/mol. The molecule has 1 rings (SSSR count). The van der Waals surface area contributed by atoms with Crippen molar-refractivity contribution in [1.82, 2.24) is 9.97 Å². The molecule has 1 N–H and O–H groups in total. The van der Waals surface area contributed by atoms with E-state index in [1.807, 2.05) is 17.8 Å². The third-order valence-electron chi connectivity index (χ3n) is 1.84. The number of rotatable bonds is 5. The standard InChI is InChI=1S/C9H15N3S/c1-8(13-2)3-6-11-9-4-5-10-7-12-9/h4-5,7-8H,3,6H2,1-2H3,(H,10,11,12). The van der Waals surface area contributed by atoms with Crippen LogP contribution >= 0.6 is 11.8 Å². The predicted octanol–water partition coefficient (Wildman–Crippen LogP) is 2.03. The molecule has 0 amide bonds. The summed E-state index contributed by atoms with van der Waals surface area (Å²) in [4.78, 5) is 7.92. The summed E-state index contributed by atoms with van der Waals surface area (Å²) in [6, 6.07) is 1.88. The van der Waals surface area contributed by atoms with E-state index < -0.39 is 0 Å². The van der Waals surface area contributed by atoms with Gasteiger partial charge in [-0.05, 0) is 18.7 Å². The van der Waals surface area contributed by atoms with Crippen molar-refractivity contribution < 1.29 is 0 Å². The lowest BCUT2D eigenvalue weighted by Crippen LogP contribution is -2.08. The van der Waals surface area contributed by atoms with E-state index in [4.69, 9.17) is 0 Å². The molecular formula is C9H15N3S. The number of hydrogen-bond acceptors (Lipinski definition) is 4. The molecule has 3 nitrogen and oxygen atoms in total. The van der Waals surface area contributed by atoms with Gasteiger partial charge in [0.25, 0.3) is 0 Å². The summed E-state index contributed by atoms with van der Waals surface area (Å²) in [6.07, 6.45) is 6.59. The number of anilines is 1. The molecule has 0 saturated carbocycles. The number of hydrogen-bond donors (Lipinski definition) is 1. The maximum absolute atomic E-state index is 4.07. The van der Waals surface area contributed by atoms with E-state index in [1.54, 1.807) is 12.5 Å². The highest BCUT2D eigenvalue weighted by Crippen LogP contribution is 2.09. The number of nitrogens with one attached hydrogen (secondary N) is 1. The van der Waals surface area contributed by atoms with Crippen LogP contribution in [0, 0.1) is 0 Å². The number of aromatic nitrogens is 2. The average molecular weight is 197 g/mol. The number of nitrogens with zero attached hydrogens (tertiary/aromatic N) is 2. The van der Waals surface area contributed by atoms with Crippen LogP contribution < -0.4 is 5.32 Å². The molecule has 1 aromatic heterocycles. The Bertz CT molecular complexity index is 228. The van der Waals surface area contributed by atoms with Crippen LogP contribution in [0.5, 0.6) is 0 Å². The van der Waals surface area contributed by atoms with E-state index in [0.717, 1.165) is 18.8 Å². The third kappa shape index (κ3) is 4.12. The quantitative estimate of drug-likeness (QED) is 0.783. The molecule has 72 valence electrons. The van der Waals surface area contributed by atoms with Gasteiger partial charge in [0.15, 0.2) is 0 Å². The normalized spacial score (nSPS) is 12.5. The fraction of sp³-hybridized carbons (Fsp3) is 0.556. The van der Waals surface area contributed by atoms with Crippen molar-refractivity contribution in [2.45, 2.75) is 18.6 Å². The summed E-state index contributed by atoms with van der Waals surface area (Å²) in [6.45, 7) is 3.20. The zero-order valence-electron chi connectivity index (χ0n) is 8.03. The zero-order chi connectivity index (χ0) is 9.52. The summed E-state index contributed by atoms with van der Waals surface area (Å²) in [5, 5.41) is 3.95. The second kappa shape index (κ2) is 5.80. The molecule has 13 heavy (non-hydrogen) atoms. The van der Waals surface area contributed by atoms with E-state index in [9.17, 15) is 0 Å². The molecular weight excluding hydrogens is 182 g/mol. The SMILES string of the molecule is CSC(C)CCNc1ccncn1. The van der Waals surface area contributed by atoms with Gasteiger partial charge in [-0.25, -0.2) is 9.97 Å². The first-order chi connectivity index (χ1) is 6.33. The third-order valence-corrected chi connectivity index (χ3v) is 2.88. The van der Waals surface area contributed by atoms with Gasteiger partial charge in [0.05, 0.1) is 0 Å². The smallest absolute Gasteiger partial charge is 0.129 e. The van der Waals surface area contributed by atoms with Gasteiger partial charge < -0.3 is 5.32 Å². The van der Waals surface area contributed by atoms with Gasteiger partial charge in [-0.2, -0.15) is 11.8 Å². The van der Waals surface area contributed by atoms with Crippen molar-refractivity contribution >= 4 is 17.6 Å². The fourth-order valence-electron chi connectivity index (χ4n) is 0.917. The lowest BCUT2D eigenvalue weighted by molar-refractivity contribution is 0.849. The summed E-state index contributed by atoms with van der Waals surface area (Å²) in [7, 11) is 0. The first-order valence-corrected chi connectivity index (χ1v) is 5.64. The van der Waals surface area contributed by atoms with Crippen molar-refractivity contribution in [2.75, 3.05) is 18.1 Å². The van der Waals surface area contributed by atoms with Gasteiger partial charge in [0.1, 0.15) is 12.1 Å². The Morgan fingerprint density at radius 1 is 1.62 bits per heavy atom. The van der Waals surface area contributed by atoms with Crippen LogP contribution in [0.3, 0.4) is 0 Å². The molecule has 0 aromatic carbocycles. The van der Waals surface area contributed by atoms with E-state index in [0.29, 0.717) is 5.25 Å². The second-order valence-electron chi connectivity index (χ2n) is 2.86. The molecule has 0 fully saturated rings. The molecule has 0 saturated heterocycles. The van der Waals surface area contributed by atoms with Gasteiger partial charge in [-0.3, -0.25) is 0 Å². The Balaban J connectivity index is 2.20. The largest absolute Gasteiger partial charge is 0.370 e. The van der Waals surface area contributed by atoms with Gasteiger partial charge in [0, 0.05) is 18.0 Å². The Morgan fingerprint density at radius 3 is 3.08 bits per heavy atom. The first kappa shape index (κ1) is 10.3. The molecule has 1 aromatic rings. The Morgan fingerprint density at radius 2 is 2.46 bits per heavy atom. The Hall–Kier alpha value is -0.770. The maximum atomic E-state index is 4.07. The lowest BCUT2D eigenvalue weighted by atomic mass is 10.3. The molecule has 0 aliphatic carbocycles. The lowest BCUT2D eigenvalue weighted by Gasteiger charge is -2.08. The fourth-order valence-corrected chi connectivity index (χ4v) is 1.27. The van der Waals surface area contributed by atoms with Gasteiger partial charge in [0.2, 0.25) is 0 Å². The van der Waals surface area contributed by atoms with Gasteiger partial charge in [-0.15, -0.1) is 0 Å². The monoisotopic (exact) mass is 197 g/mol. The minimum absolute atomic E-state index is 0.703. The Kier molecular flexibility index (Phi) is 4.60. The topological polar surface area (TPSA) is 37.8 Å². The number of thioether (sulfide) groups is 1. The summed E-state index contributed by atoms with van der Waals surface area (Å²) >= 11 is 1.89. The highest BCUT2D eigenvalue weighted by atomic mass is 32.2. The highest BCUT2D eigenvalue weighted by molar-refractivity contribution is 7.99. The Labute approximate surface area is 83.4 Å².